The molecule has 2 heterocycles. The Morgan fingerprint density at radius 3 is 2.68 bits per heavy atom. The van der Waals surface area contributed by atoms with Crippen LogP contribution in [0.15, 0.2) is 48.8 Å². The fourth-order valence-electron chi connectivity index (χ4n) is 4.33. The average molecular weight is 517 g/mol. The number of ether oxygens (including phenoxy) is 2. The van der Waals surface area contributed by atoms with E-state index in [9.17, 15) is 14.0 Å². The minimum atomic E-state index is -0.556. The molecule has 8 nitrogen and oxygen atoms in total. The van der Waals surface area contributed by atoms with Crippen LogP contribution in [0.3, 0.4) is 0 Å². The summed E-state index contributed by atoms with van der Waals surface area (Å²) in [6, 6.07) is 9.57. The number of aromatic nitrogens is 3. The lowest BCUT2D eigenvalue weighted by molar-refractivity contribution is 0.0785. The van der Waals surface area contributed by atoms with Crippen molar-refractivity contribution in [3.63, 3.8) is 0 Å². The number of aromatic amines is 1. The summed E-state index contributed by atoms with van der Waals surface area (Å²) in [6.07, 6.45) is 5.87. The lowest BCUT2D eigenvalue weighted by Crippen LogP contribution is -2.26. The van der Waals surface area contributed by atoms with Gasteiger partial charge in [0.2, 0.25) is 5.88 Å². The van der Waals surface area contributed by atoms with Gasteiger partial charge in [-0.2, -0.15) is 5.10 Å². The number of Topliss-reactive ketones (excluding diaryl/α,β-unsaturated/α-hetero) is 1. The molecular weight excluding hydrogens is 487 g/mol. The van der Waals surface area contributed by atoms with Crippen molar-refractivity contribution in [1.29, 1.82) is 0 Å². The molecule has 0 spiro atoms. The van der Waals surface area contributed by atoms with E-state index in [-0.39, 0.29) is 29.8 Å². The number of fused-ring (bicyclic) bond motifs is 1. The van der Waals surface area contributed by atoms with E-state index in [4.69, 9.17) is 9.47 Å². The number of nitrogens with zero attached hydrogens (tertiary/aromatic N) is 3. The molecule has 2 aromatic heterocycles. The fraction of sp³-hybridized carbons (Fsp3) is 0.310. The first-order valence-electron chi connectivity index (χ1n) is 12.7. The van der Waals surface area contributed by atoms with E-state index in [1.165, 1.54) is 12.1 Å². The Balaban J connectivity index is 1.40. The van der Waals surface area contributed by atoms with Gasteiger partial charge in [-0.25, -0.2) is 9.37 Å². The van der Waals surface area contributed by atoms with Crippen LogP contribution in [0.2, 0.25) is 0 Å². The number of pyridine rings is 1. The van der Waals surface area contributed by atoms with Gasteiger partial charge in [-0.3, -0.25) is 14.7 Å². The molecule has 0 saturated heterocycles. The Morgan fingerprint density at radius 2 is 1.95 bits per heavy atom. The summed E-state index contributed by atoms with van der Waals surface area (Å²) in [5.74, 6) is -0.00360. The van der Waals surface area contributed by atoms with Gasteiger partial charge < -0.3 is 14.4 Å². The standard InChI is InChI=1S/C29H29FN4O4/c1-4-25(35)22-12-17(7-11-24(22)30)21-10-6-18(13-26(21)37-5-2)29(36)34(3)16-19-14-31-28(38-20-8-9-20)23-15-32-33-27(19)23/h6-7,10-15,20H,4-5,8-9,16H2,1-3H3,(H,32,33). The van der Waals surface area contributed by atoms with Crippen LogP contribution in [0.1, 0.15) is 59.4 Å². The zero-order valence-electron chi connectivity index (χ0n) is 21.6. The van der Waals surface area contributed by atoms with Crippen LogP contribution in [0.5, 0.6) is 11.6 Å². The molecule has 5 rings (SSSR count). The Bertz CT molecular complexity index is 1510. The van der Waals surface area contributed by atoms with E-state index < -0.39 is 5.82 Å². The zero-order chi connectivity index (χ0) is 26.8. The van der Waals surface area contributed by atoms with E-state index in [0.717, 1.165) is 29.3 Å². The number of amides is 1. The maximum absolute atomic E-state index is 14.2. The van der Waals surface area contributed by atoms with E-state index in [0.29, 0.717) is 41.5 Å². The van der Waals surface area contributed by atoms with Crippen molar-refractivity contribution in [3.05, 3.63) is 71.3 Å². The van der Waals surface area contributed by atoms with E-state index in [2.05, 4.69) is 15.2 Å². The molecule has 4 aromatic rings. The molecule has 1 aliphatic carbocycles. The molecule has 0 atom stereocenters. The van der Waals surface area contributed by atoms with Gasteiger partial charge in [0, 0.05) is 42.9 Å². The van der Waals surface area contributed by atoms with Gasteiger partial charge in [0.15, 0.2) is 5.78 Å². The van der Waals surface area contributed by atoms with Crippen LogP contribution in [0, 0.1) is 5.82 Å². The Labute approximate surface area is 219 Å². The molecule has 0 unspecified atom stereocenters. The quantitative estimate of drug-likeness (QED) is 0.277. The van der Waals surface area contributed by atoms with Gasteiger partial charge in [-0.05, 0) is 55.7 Å². The second-order valence-corrected chi connectivity index (χ2v) is 9.34. The van der Waals surface area contributed by atoms with Crippen molar-refractivity contribution >= 4 is 22.6 Å². The summed E-state index contributed by atoms with van der Waals surface area (Å²) in [7, 11) is 1.72. The van der Waals surface area contributed by atoms with Crippen LogP contribution in [-0.2, 0) is 6.54 Å². The van der Waals surface area contributed by atoms with E-state index >= 15 is 0 Å². The molecule has 1 N–H and O–H groups in total. The van der Waals surface area contributed by atoms with Crippen LogP contribution in [0.25, 0.3) is 22.0 Å². The SMILES string of the molecule is CCOc1cc(C(=O)N(C)Cc2cnc(OC3CC3)c3cn[nH]c23)ccc1-c1ccc(F)c(C(=O)CC)c1. The van der Waals surface area contributed by atoms with Crippen molar-refractivity contribution in [3.8, 4) is 22.8 Å². The number of H-pyrrole nitrogens is 1. The third-order valence-electron chi connectivity index (χ3n) is 6.51. The molecule has 9 heteroatoms. The van der Waals surface area contributed by atoms with Gasteiger partial charge >= 0.3 is 0 Å². The van der Waals surface area contributed by atoms with E-state index in [1.54, 1.807) is 55.5 Å². The largest absolute Gasteiger partial charge is 0.493 e. The van der Waals surface area contributed by atoms with Crippen molar-refractivity contribution in [2.45, 2.75) is 45.8 Å². The predicted octanol–water partition coefficient (Wildman–Crippen LogP) is 5.57. The van der Waals surface area contributed by atoms with Crippen molar-refractivity contribution in [2.75, 3.05) is 13.7 Å². The molecule has 196 valence electrons. The summed E-state index contributed by atoms with van der Waals surface area (Å²) < 4.78 is 26.0. The van der Waals surface area contributed by atoms with Gasteiger partial charge in [0.05, 0.1) is 29.3 Å². The predicted molar refractivity (Wildman–Crippen MR) is 141 cm³/mol. The Morgan fingerprint density at radius 1 is 1.13 bits per heavy atom. The number of hydrogen-bond acceptors (Lipinski definition) is 6. The molecule has 1 fully saturated rings. The summed E-state index contributed by atoms with van der Waals surface area (Å²) in [6.45, 7) is 4.22. The first-order valence-corrected chi connectivity index (χ1v) is 12.7. The highest BCUT2D eigenvalue weighted by atomic mass is 19.1. The monoisotopic (exact) mass is 516 g/mol. The number of hydrogen-bond donors (Lipinski definition) is 1. The number of nitrogens with one attached hydrogen (secondary N) is 1. The third kappa shape index (κ3) is 5.09. The number of rotatable bonds is 10. The summed E-state index contributed by atoms with van der Waals surface area (Å²) >= 11 is 0. The fourth-order valence-corrected chi connectivity index (χ4v) is 4.33. The van der Waals surface area contributed by atoms with Crippen LogP contribution in [0.4, 0.5) is 4.39 Å². The highest BCUT2D eigenvalue weighted by Crippen LogP contribution is 2.34. The summed E-state index contributed by atoms with van der Waals surface area (Å²) in [5, 5.41) is 7.94. The lowest BCUT2D eigenvalue weighted by Gasteiger charge is -2.19. The average Bonchev–Trinajstić information content (AvgIpc) is 3.60. The highest BCUT2D eigenvalue weighted by Gasteiger charge is 2.26. The van der Waals surface area contributed by atoms with Crippen LogP contribution in [-0.4, -0.2) is 51.5 Å². The summed E-state index contributed by atoms with van der Waals surface area (Å²) in [4.78, 5) is 31.6. The first kappa shape index (κ1) is 25.4. The van der Waals surface area contributed by atoms with Crippen molar-refractivity contribution in [2.24, 2.45) is 0 Å². The number of carbonyl (C=O) groups is 2. The zero-order valence-corrected chi connectivity index (χ0v) is 21.6. The normalized spacial score (nSPS) is 12.9. The molecule has 0 radical (unpaired) electrons. The second-order valence-electron chi connectivity index (χ2n) is 9.34. The topological polar surface area (TPSA) is 97.4 Å². The van der Waals surface area contributed by atoms with Crippen molar-refractivity contribution < 1.29 is 23.5 Å². The number of benzene rings is 2. The molecule has 1 aliphatic rings. The molecule has 0 aliphatic heterocycles. The lowest BCUT2D eigenvalue weighted by atomic mass is 9.98. The molecule has 0 bridgehead atoms. The van der Waals surface area contributed by atoms with Gasteiger partial charge in [0.1, 0.15) is 17.7 Å². The van der Waals surface area contributed by atoms with Gasteiger partial charge in [0.25, 0.3) is 5.91 Å². The number of carbonyl (C=O) groups excluding carboxylic acids is 2. The smallest absolute Gasteiger partial charge is 0.254 e. The molecular formula is C29H29FN4O4. The van der Waals surface area contributed by atoms with Gasteiger partial charge in [-0.1, -0.05) is 13.0 Å². The second kappa shape index (κ2) is 10.6. The van der Waals surface area contributed by atoms with Crippen LogP contribution >= 0.6 is 0 Å². The maximum Gasteiger partial charge on any atom is 0.254 e. The Hall–Kier alpha value is -4.27. The van der Waals surface area contributed by atoms with Crippen LogP contribution < -0.4 is 9.47 Å². The summed E-state index contributed by atoms with van der Waals surface area (Å²) in [5.41, 5.74) is 3.40. The minimum Gasteiger partial charge on any atom is -0.493 e. The molecule has 1 saturated carbocycles. The number of ketones is 1. The maximum atomic E-state index is 14.2. The number of halogens is 1. The molecule has 1 amide bonds. The molecule has 38 heavy (non-hydrogen) atoms. The first-order chi connectivity index (χ1) is 18.4. The van der Waals surface area contributed by atoms with Gasteiger partial charge in [-0.15, -0.1) is 0 Å². The minimum absolute atomic E-state index is 0.0413. The van der Waals surface area contributed by atoms with E-state index in [1.807, 2.05) is 6.92 Å². The van der Waals surface area contributed by atoms with Crippen molar-refractivity contribution in [1.82, 2.24) is 20.1 Å². The Kier molecular flexibility index (Phi) is 7.09. The highest BCUT2D eigenvalue weighted by molar-refractivity contribution is 5.98. The molecule has 2 aromatic carbocycles. The third-order valence-corrected chi connectivity index (χ3v) is 6.51.